The summed E-state index contributed by atoms with van der Waals surface area (Å²) in [5.41, 5.74) is 0.686. The first-order chi connectivity index (χ1) is 14.7. The Morgan fingerprint density at radius 3 is 1.84 bits per heavy atom. The molecule has 0 bridgehead atoms. The van der Waals surface area contributed by atoms with Gasteiger partial charge in [0.15, 0.2) is 0 Å². The lowest BCUT2D eigenvalue weighted by Crippen LogP contribution is -2.16. The fourth-order valence-electron chi connectivity index (χ4n) is 2.51. The topological polar surface area (TPSA) is 50.4 Å². The molecule has 2 N–H and O–H groups in total. The highest BCUT2D eigenvalue weighted by Crippen LogP contribution is 2.33. The number of hydrogen-bond donors (Lipinski definition) is 2. The second kappa shape index (κ2) is 9.84. The van der Waals surface area contributed by atoms with E-state index in [0.29, 0.717) is 22.0 Å². The molecule has 0 saturated heterocycles. The van der Waals surface area contributed by atoms with Crippen molar-refractivity contribution in [3.63, 3.8) is 0 Å². The highest BCUT2D eigenvalue weighted by Gasteiger charge is 2.29. The number of rotatable bonds is 5. The molecule has 160 valence electrons. The largest absolute Gasteiger partial charge is 0.432 e. The first kappa shape index (κ1) is 22.6. The van der Waals surface area contributed by atoms with E-state index in [2.05, 4.69) is 10.6 Å². The molecule has 0 radical (unpaired) electrons. The van der Waals surface area contributed by atoms with E-state index < -0.39 is 11.7 Å². The second-order valence-corrected chi connectivity index (χ2v) is 7.89. The van der Waals surface area contributed by atoms with Gasteiger partial charge >= 0.3 is 6.18 Å². The van der Waals surface area contributed by atoms with Gasteiger partial charge in [0, 0.05) is 28.1 Å². The summed E-state index contributed by atoms with van der Waals surface area (Å²) < 4.78 is 43.5. The van der Waals surface area contributed by atoms with Crippen LogP contribution in [0.1, 0.15) is 12.5 Å². The number of thiocarbonyl (C=S) groups is 1. The molecule has 0 fully saturated rings. The summed E-state index contributed by atoms with van der Waals surface area (Å²) in [5, 5.41) is 5.77. The molecule has 0 aliphatic rings. The maximum absolute atomic E-state index is 12.6. The van der Waals surface area contributed by atoms with E-state index in [9.17, 15) is 18.0 Å². The minimum atomic E-state index is -4.34. The van der Waals surface area contributed by atoms with Crippen LogP contribution in [0.5, 0.6) is 5.75 Å². The Morgan fingerprint density at radius 1 is 0.839 bits per heavy atom. The molecule has 0 saturated carbocycles. The van der Waals surface area contributed by atoms with Crippen molar-refractivity contribution < 1.29 is 22.7 Å². The maximum Gasteiger partial charge on any atom is 0.416 e. The van der Waals surface area contributed by atoms with Gasteiger partial charge in [-0.25, -0.2) is 0 Å². The standard InChI is InChI=1S/C22H17F3N2O2S2/c1-14(28)26-16-4-8-18(9-5-16)29-21(30)27-17-6-12-20(13-7-17)31-19-10-2-15(3-11-19)22(23,24)25/h2-13H,1H3,(H,26,28)(H,27,30). The number of hydrogen-bond acceptors (Lipinski definition) is 4. The molecule has 0 atom stereocenters. The van der Waals surface area contributed by atoms with Crippen molar-refractivity contribution in [2.24, 2.45) is 0 Å². The molecule has 9 heteroatoms. The highest BCUT2D eigenvalue weighted by molar-refractivity contribution is 7.99. The van der Waals surface area contributed by atoms with Crippen molar-refractivity contribution in [2.45, 2.75) is 22.9 Å². The van der Waals surface area contributed by atoms with Crippen LogP contribution in [0.15, 0.2) is 82.6 Å². The molecule has 0 aliphatic carbocycles. The smallest absolute Gasteiger partial charge is 0.416 e. The van der Waals surface area contributed by atoms with Gasteiger partial charge in [-0.3, -0.25) is 4.79 Å². The average molecular weight is 463 g/mol. The van der Waals surface area contributed by atoms with E-state index >= 15 is 0 Å². The Morgan fingerprint density at radius 2 is 1.32 bits per heavy atom. The summed E-state index contributed by atoms with van der Waals surface area (Å²) >= 11 is 6.55. The van der Waals surface area contributed by atoms with Gasteiger partial charge in [0.2, 0.25) is 5.91 Å². The minimum absolute atomic E-state index is 0.149. The zero-order chi connectivity index (χ0) is 22.4. The van der Waals surface area contributed by atoms with Crippen molar-refractivity contribution in [1.29, 1.82) is 0 Å². The lowest BCUT2D eigenvalue weighted by Gasteiger charge is -2.11. The van der Waals surface area contributed by atoms with Gasteiger partial charge in [0.25, 0.3) is 5.17 Å². The van der Waals surface area contributed by atoms with Gasteiger partial charge in [-0.2, -0.15) is 13.2 Å². The van der Waals surface area contributed by atoms with Crippen LogP contribution in [0.3, 0.4) is 0 Å². The van der Waals surface area contributed by atoms with Crippen LogP contribution >= 0.6 is 24.0 Å². The Hall–Kier alpha value is -3.04. The van der Waals surface area contributed by atoms with Crippen LogP contribution in [0.2, 0.25) is 0 Å². The van der Waals surface area contributed by atoms with Crippen molar-refractivity contribution in [1.82, 2.24) is 0 Å². The van der Waals surface area contributed by atoms with Crippen molar-refractivity contribution in [3.05, 3.63) is 78.4 Å². The Bertz CT molecular complexity index is 1050. The van der Waals surface area contributed by atoms with Crippen molar-refractivity contribution in [3.8, 4) is 5.75 Å². The third-order valence-electron chi connectivity index (χ3n) is 3.90. The minimum Gasteiger partial charge on any atom is -0.432 e. The fraction of sp³-hybridized carbons (Fsp3) is 0.0909. The van der Waals surface area contributed by atoms with Gasteiger partial charge in [0.05, 0.1) is 5.56 Å². The van der Waals surface area contributed by atoms with E-state index in [0.717, 1.165) is 17.0 Å². The number of amides is 1. The molecule has 31 heavy (non-hydrogen) atoms. The molecule has 3 rings (SSSR count). The summed E-state index contributed by atoms with van der Waals surface area (Å²) in [5.74, 6) is 0.354. The van der Waals surface area contributed by atoms with Gasteiger partial charge < -0.3 is 15.4 Å². The predicted octanol–water partition coefficient (Wildman–Crippen LogP) is 6.59. The lowest BCUT2D eigenvalue weighted by atomic mass is 10.2. The first-order valence-corrected chi connectivity index (χ1v) is 10.2. The van der Waals surface area contributed by atoms with Gasteiger partial charge in [-0.1, -0.05) is 11.8 Å². The molecule has 0 aliphatic heterocycles. The molecule has 0 unspecified atom stereocenters. The van der Waals surface area contributed by atoms with E-state index in [1.54, 1.807) is 36.4 Å². The Kier molecular flexibility index (Phi) is 7.19. The normalized spacial score (nSPS) is 11.0. The van der Waals surface area contributed by atoms with Crippen LogP contribution in [-0.4, -0.2) is 11.1 Å². The lowest BCUT2D eigenvalue weighted by molar-refractivity contribution is -0.137. The molecule has 4 nitrogen and oxygen atoms in total. The Labute approximate surface area is 186 Å². The van der Waals surface area contributed by atoms with Gasteiger partial charge in [-0.05, 0) is 85.0 Å². The number of ether oxygens (including phenoxy) is 1. The predicted molar refractivity (Wildman–Crippen MR) is 120 cm³/mol. The van der Waals surface area contributed by atoms with E-state index in [1.807, 2.05) is 12.1 Å². The van der Waals surface area contributed by atoms with Crippen molar-refractivity contribution in [2.75, 3.05) is 10.6 Å². The number of benzene rings is 3. The molecule has 0 aromatic heterocycles. The van der Waals surface area contributed by atoms with Crippen LogP contribution in [0.25, 0.3) is 0 Å². The Balaban J connectivity index is 1.54. The molecule has 3 aromatic rings. The number of alkyl halides is 3. The van der Waals surface area contributed by atoms with Crippen LogP contribution in [0.4, 0.5) is 24.5 Å². The van der Waals surface area contributed by atoms with Crippen LogP contribution in [0, 0.1) is 0 Å². The van der Waals surface area contributed by atoms with Crippen LogP contribution in [-0.2, 0) is 11.0 Å². The van der Waals surface area contributed by atoms with E-state index in [4.69, 9.17) is 17.0 Å². The first-order valence-electron chi connectivity index (χ1n) is 9.01. The molecular formula is C22H17F3N2O2S2. The monoisotopic (exact) mass is 462 g/mol. The molecular weight excluding hydrogens is 445 g/mol. The third-order valence-corrected chi connectivity index (χ3v) is 5.10. The third kappa shape index (κ3) is 7.01. The zero-order valence-electron chi connectivity index (χ0n) is 16.2. The van der Waals surface area contributed by atoms with E-state index in [-0.39, 0.29) is 11.1 Å². The summed E-state index contributed by atoms with van der Waals surface area (Å²) in [6, 6.07) is 19.0. The maximum atomic E-state index is 12.6. The molecule has 3 aromatic carbocycles. The number of carbonyl (C=O) groups excluding carboxylic acids is 1. The summed E-state index contributed by atoms with van der Waals surface area (Å²) in [4.78, 5) is 12.6. The van der Waals surface area contributed by atoms with E-state index in [1.165, 1.54) is 30.8 Å². The van der Waals surface area contributed by atoms with Crippen LogP contribution < -0.4 is 15.4 Å². The summed E-state index contributed by atoms with van der Waals surface area (Å²) in [6.07, 6.45) is -4.34. The number of nitrogens with one attached hydrogen (secondary N) is 2. The van der Waals surface area contributed by atoms with Gasteiger partial charge in [-0.15, -0.1) is 0 Å². The molecule has 0 heterocycles. The summed E-state index contributed by atoms with van der Waals surface area (Å²) in [7, 11) is 0. The fourth-order valence-corrected chi connectivity index (χ4v) is 3.54. The number of halogens is 3. The highest BCUT2D eigenvalue weighted by atomic mass is 32.2. The quantitative estimate of drug-likeness (QED) is 0.419. The summed E-state index contributed by atoms with van der Waals surface area (Å²) in [6.45, 7) is 1.43. The molecule has 1 amide bonds. The number of anilines is 2. The molecule has 0 spiro atoms. The van der Waals surface area contributed by atoms with Crippen molar-refractivity contribution >= 4 is 46.4 Å². The average Bonchev–Trinajstić information content (AvgIpc) is 2.70. The van der Waals surface area contributed by atoms with Gasteiger partial charge in [0.1, 0.15) is 5.75 Å². The SMILES string of the molecule is CC(=O)Nc1ccc(OC(=S)Nc2ccc(Sc3ccc(C(F)(F)F)cc3)cc2)cc1. The zero-order valence-corrected chi connectivity index (χ0v) is 17.8. The second-order valence-electron chi connectivity index (χ2n) is 6.37. The number of carbonyl (C=O) groups is 1.